The molecular weight excluding hydrogens is 278 g/mol. The van der Waals surface area contributed by atoms with Gasteiger partial charge in [-0.25, -0.2) is 4.79 Å². The summed E-state index contributed by atoms with van der Waals surface area (Å²) in [7, 11) is 0. The Balaban J connectivity index is 3.09. The van der Waals surface area contributed by atoms with Gasteiger partial charge < -0.3 is 9.47 Å². The molecule has 0 aliphatic carbocycles. The van der Waals surface area contributed by atoms with Gasteiger partial charge in [-0.2, -0.15) is 8.78 Å². The molecule has 19 heavy (non-hydrogen) atoms. The molecule has 0 saturated heterocycles. The zero-order valence-electron chi connectivity index (χ0n) is 10.5. The van der Waals surface area contributed by atoms with E-state index < -0.39 is 12.6 Å². The second kappa shape index (κ2) is 7.94. The molecule has 0 N–H and O–H groups in total. The number of hydrogen-bond donors (Lipinski definition) is 0. The van der Waals surface area contributed by atoms with Crippen molar-refractivity contribution in [3.63, 3.8) is 0 Å². The van der Waals surface area contributed by atoms with E-state index in [1.807, 2.05) is 0 Å². The lowest BCUT2D eigenvalue weighted by molar-refractivity contribution is -0.0505. The Bertz CT molecular complexity index is 424. The fourth-order valence-corrected chi connectivity index (χ4v) is 1.81. The normalized spacial score (nSPS) is 10.6. The van der Waals surface area contributed by atoms with Crippen LogP contribution in [0.4, 0.5) is 8.78 Å². The van der Waals surface area contributed by atoms with Crippen molar-refractivity contribution in [2.45, 2.75) is 26.4 Å². The highest BCUT2D eigenvalue weighted by Crippen LogP contribution is 2.26. The van der Waals surface area contributed by atoms with E-state index >= 15 is 0 Å². The first kappa shape index (κ1) is 15.7. The topological polar surface area (TPSA) is 35.5 Å². The van der Waals surface area contributed by atoms with Crippen molar-refractivity contribution in [1.82, 2.24) is 0 Å². The van der Waals surface area contributed by atoms with Gasteiger partial charge in [0.15, 0.2) is 0 Å². The van der Waals surface area contributed by atoms with Crippen molar-refractivity contribution in [3.05, 3.63) is 29.3 Å². The van der Waals surface area contributed by atoms with Crippen molar-refractivity contribution >= 4 is 17.6 Å². The van der Waals surface area contributed by atoms with Gasteiger partial charge in [0, 0.05) is 11.4 Å². The van der Waals surface area contributed by atoms with Crippen LogP contribution in [0, 0.1) is 0 Å². The van der Waals surface area contributed by atoms with Crippen LogP contribution in [0.25, 0.3) is 0 Å². The lowest BCUT2D eigenvalue weighted by Gasteiger charge is -2.14. The standard InChI is InChI=1S/C13H15ClF2O3/c1-2-18-12(17)10-5-3-7-11(19-13(15)16)9(10)6-4-8-14/h3,5,7,13H,2,4,6,8H2,1H3. The number of alkyl halides is 3. The van der Waals surface area contributed by atoms with Crippen molar-refractivity contribution in [3.8, 4) is 5.75 Å². The van der Waals surface area contributed by atoms with Gasteiger partial charge in [0.25, 0.3) is 0 Å². The fourth-order valence-electron chi connectivity index (χ4n) is 1.67. The molecule has 6 heteroatoms. The summed E-state index contributed by atoms with van der Waals surface area (Å²) in [6, 6.07) is 4.41. The molecule has 1 rings (SSSR count). The van der Waals surface area contributed by atoms with Gasteiger partial charge in [0.05, 0.1) is 12.2 Å². The predicted molar refractivity (Wildman–Crippen MR) is 68.1 cm³/mol. The largest absolute Gasteiger partial charge is 0.462 e. The molecular formula is C13H15ClF2O3. The first-order chi connectivity index (χ1) is 9.10. The number of halogens is 3. The molecule has 0 fully saturated rings. The molecule has 0 spiro atoms. The quantitative estimate of drug-likeness (QED) is 0.568. The SMILES string of the molecule is CCOC(=O)c1cccc(OC(F)F)c1CCCCl. The van der Waals surface area contributed by atoms with Crippen LogP contribution in [0.1, 0.15) is 29.3 Å². The third-order valence-corrected chi connectivity index (χ3v) is 2.67. The lowest BCUT2D eigenvalue weighted by Crippen LogP contribution is -2.12. The third-order valence-electron chi connectivity index (χ3n) is 2.40. The Hall–Kier alpha value is -1.36. The number of hydrogen-bond acceptors (Lipinski definition) is 3. The van der Waals surface area contributed by atoms with E-state index in [0.29, 0.717) is 24.3 Å². The summed E-state index contributed by atoms with van der Waals surface area (Å²) in [6.45, 7) is -1.05. The van der Waals surface area contributed by atoms with Crippen molar-refractivity contribution in [1.29, 1.82) is 0 Å². The Morgan fingerprint density at radius 2 is 2.16 bits per heavy atom. The summed E-state index contributed by atoms with van der Waals surface area (Å²) in [5.74, 6) is -0.192. The Morgan fingerprint density at radius 1 is 1.42 bits per heavy atom. The van der Waals surface area contributed by atoms with E-state index in [-0.39, 0.29) is 17.9 Å². The molecule has 0 heterocycles. The minimum Gasteiger partial charge on any atom is -0.462 e. The average molecular weight is 293 g/mol. The number of rotatable bonds is 7. The maximum absolute atomic E-state index is 12.3. The fraction of sp³-hybridized carbons (Fsp3) is 0.462. The molecule has 0 aromatic heterocycles. The average Bonchev–Trinajstić information content (AvgIpc) is 2.36. The lowest BCUT2D eigenvalue weighted by atomic mass is 10.0. The van der Waals surface area contributed by atoms with Crippen molar-refractivity contribution in [2.75, 3.05) is 12.5 Å². The van der Waals surface area contributed by atoms with E-state index in [4.69, 9.17) is 16.3 Å². The van der Waals surface area contributed by atoms with Crippen LogP contribution in [-0.4, -0.2) is 25.1 Å². The van der Waals surface area contributed by atoms with Gasteiger partial charge in [-0.1, -0.05) is 6.07 Å². The van der Waals surface area contributed by atoms with Gasteiger partial charge in [-0.05, 0) is 31.9 Å². The molecule has 3 nitrogen and oxygen atoms in total. The summed E-state index contributed by atoms with van der Waals surface area (Å²) in [5, 5.41) is 0. The summed E-state index contributed by atoms with van der Waals surface area (Å²) >= 11 is 5.60. The van der Waals surface area contributed by atoms with Gasteiger partial charge in [0.1, 0.15) is 5.75 Å². The molecule has 0 radical (unpaired) electrons. The summed E-state index contributed by atoms with van der Waals surface area (Å²) in [5.41, 5.74) is 0.645. The highest BCUT2D eigenvalue weighted by molar-refractivity contribution is 6.17. The van der Waals surface area contributed by atoms with E-state index in [1.165, 1.54) is 18.2 Å². The molecule has 106 valence electrons. The first-order valence-electron chi connectivity index (χ1n) is 5.90. The molecule has 0 aliphatic rings. The van der Waals surface area contributed by atoms with E-state index in [1.54, 1.807) is 6.92 Å². The number of esters is 1. The molecule has 0 unspecified atom stereocenters. The Kier molecular flexibility index (Phi) is 6.56. The summed E-state index contributed by atoms with van der Waals surface area (Å²) in [6.07, 6.45) is 0.929. The van der Waals surface area contributed by atoms with Crippen LogP contribution in [0.5, 0.6) is 5.75 Å². The van der Waals surface area contributed by atoms with Crippen LogP contribution >= 0.6 is 11.6 Å². The van der Waals surface area contributed by atoms with Crippen molar-refractivity contribution < 1.29 is 23.0 Å². The molecule has 1 aromatic rings. The Labute approximate surface area is 115 Å². The molecule has 0 amide bonds. The maximum atomic E-state index is 12.3. The van der Waals surface area contributed by atoms with Gasteiger partial charge in [-0.15, -0.1) is 11.6 Å². The second-order valence-corrected chi connectivity index (χ2v) is 4.05. The van der Waals surface area contributed by atoms with E-state index in [9.17, 15) is 13.6 Å². The smallest absolute Gasteiger partial charge is 0.387 e. The number of carbonyl (C=O) groups excluding carboxylic acids is 1. The zero-order chi connectivity index (χ0) is 14.3. The van der Waals surface area contributed by atoms with Crippen LogP contribution in [0.3, 0.4) is 0 Å². The van der Waals surface area contributed by atoms with Gasteiger partial charge in [-0.3, -0.25) is 0 Å². The highest BCUT2D eigenvalue weighted by atomic mass is 35.5. The number of benzene rings is 1. The third kappa shape index (κ3) is 4.67. The molecule has 1 aromatic carbocycles. The molecule has 0 atom stereocenters. The first-order valence-corrected chi connectivity index (χ1v) is 6.43. The van der Waals surface area contributed by atoms with Crippen LogP contribution in [-0.2, 0) is 11.2 Å². The summed E-state index contributed by atoms with van der Waals surface area (Å²) < 4.78 is 34.0. The van der Waals surface area contributed by atoms with E-state index in [0.717, 1.165) is 0 Å². The highest BCUT2D eigenvalue weighted by Gasteiger charge is 2.18. The van der Waals surface area contributed by atoms with Gasteiger partial charge >= 0.3 is 12.6 Å². The summed E-state index contributed by atoms with van der Waals surface area (Å²) in [4.78, 5) is 11.8. The zero-order valence-corrected chi connectivity index (χ0v) is 11.3. The minimum absolute atomic E-state index is 0.00864. The Morgan fingerprint density at radius 3 is 2.74 bits per heavy atom. The maximum Gasteiger partial charge on any atom is 0.387 e. The molecule has 0 bridgehead atoms. The minimum atomic E-state index is -2.94. The van der Waals surface area contributed by atoms with E-state index in [2.05, 4.69) is 4.74 Å². The molecule has 0 saturated carbocycles. The monoisotopic (exact) mass is 292 g/mol. The van der Waals surface area contributed by atoms with Crippen LogP contribution in [0.15, 0.2) is 18.2 Å². The number of carbonyl (C=O) groups is 1. The number of ether oxygens (including phenoxy) is 2. The van der Waals surface area contributed by atoms with Crippen LogP contribution < -0.4 is 4.74 Å². The van der Waals surface area contributed by atoms with Crippen molar-refractivity contribution in [2.24, 2.45) is 0 Å². The second-order valence-electron chi connectivity index (χ2n) is 3.67. The molecule has 0 aliphatic heterocycles. The van der Waals surface area contributed by atoms with Crippen LogP contribution in [0.2, 0.25) is 0 Å². The predicted octanol–water partition coefficient (Wildman–Crippen LogP) is 3.64. The van der Waals surface area contributed by atoms with Gasteiger partial charge in [0.2, 0.25) is 0 Å².